The molecule has 4 nitrogen and oxygen atoms in total. The lowest BCUT2D eigenvalue weighted by Crippen LogP contribution is -1.96. The summed E-state index contributed by atoms with van der Waals surface area (Å²) in [4.78, 5) is 5.16. The van der Waals surface area contributed by atoms with Crippen LogP contribution >= 0.6 is 35.0 Å². The molecular weight excluding hydrogens is 329 g/mol. The molecule has 1 N–H and O–H groups in total. The van der Waals surface area contributed by atoms with Gasteiger partial charge in [0.1, 0.15) is 0 Å². The van der Waals surface area contributed by atoms with Gasteiger partial charge in [-0.15, -0.1) is 11.8 Å². The Morgan fingerprint density at radius 2 is 2.00 bits per heavy atom. The zero-order chi connectivity index (χ0) is 15.1. The van der Waals surface area contributed by atoms with E-state index in [0.717, 1.165) is 11.3 Å². The van der Waals surface area contributed by atoms with Gasteiger partial charge in [0.2, 0.25) is 5.88 Å². The standard InChI is InChI=1S/C14H11Cl2N3OS/c1-7-13(21-2)14(20)19-12(17-7)6-11(18-19)9-4-3-8(15)5-10(9)16/h3-6,20H,1-2H3. The van der Waals surface area contributed by atoms with Gasteiger partial charge in [0.15, 0.2) is 5.65 Å². The maximum absolute atomic E-state index is 10.3. The van der Waals surface area contributed by atoms with E-state index in [4.69, 9.17) is 23.2 Å². The number of rotatable bonds is 2. The highest BCUT2D eigenvalue weighted by Gasteiger charge is 2.15. The predicted octanol–water partition coefficient (Wildman–Crippen LogP) is 4.44. The summed E-state index contributed by atoms with van der Waals surface area (Å²) >= 11 is 13.5. The zero-order valence-corrected chi connectivity index (χ0v) is 13.6. The minimum atomic E-state index is 0.0846. The molecule has 3 rings (SSSR count). The molecule has 0 saturated carbocycles. The van der Waals surface area contributed by atoms with Crippen molar-refractivity contribution in [2.24, 2.45) is 0 Å². The number of nitrogens with zero attached hydrogens (tertiary/aromatic N) is 3. The number of benzene rings is 1. The van der Waals surface area contributed by atoms with Crippen molar-refractivity contribution in [1.29, 1.82) is 0 Å². The summed E-state index contributed by atoms with van der Waals surface area (Å²) in [6, 6.07) is 6.99. The zero-order valence-electron chi connectivity index (χ0n) is 11.3. The fourth-order valence-corrected chi connectivity index (χ4v) is 3.27. The molecule has 0 atom stereocenters. The first-order chi connectivity index (χ1) is 10.0. The van der Waals surface area contributed by atoms with Crippen molar-refractivity contribution in [2.45, 2.75) is 11.8 Å². The van der Waals surface area contributed by atoms with Crippen molar-refractivity contribution >= 4 is 40.6 Å². The van der Waals surface area contributed by atoms with Crippen molar-refractivity contribution < 1.29 is 5.11 Å². The number of halogens is 2. The molecule has 2 heterocycles. The van der Waals surface area contributed by atoms with E-state index >= 15 is 0 Å². The topological polar surface area (TPSA) is 50.4 Å². The quantitative estimate of drug-likeness (QED) is 0.701. The van der Waals surface area contributed by atoms with Gasteiger partial charge in [-0.05, 0) is 31.4 Å². The normalized spacial score (nSPS) is 11.2. The molecule has 0 aliphatic carbocycles. The molecule has 1 aromatic carbocycles. The summed E-state index contributed by atoms with van der Waals surface area (Å²) in [5, 5.41) is 15.7. The maximum atomic E-state index is 10.3. The highest BCUT2D eigenvalue weighted by atomic mass is 35.5. The molecule has 0 fully saturated rings. The molecule has 0 saturated heterocycles. The van der Waals surface area contributed by atoms with E-state index in [0.29, 0.717) is 26.3 Å². The lowest BCUT2D eigenvalue weighted by molar-refractivity contribution is 0.420. The first-order valence-electron chi connectivity index (χ1n) is 6.10. The number of hydrogen-bond donors (Lipinski definition) is 1. The van der Waals surface area contributed by atoms with Gasteiger partial charge >= 0.3 is 0 Å². The van der Waals surface area contributed by atoms with E-state index in [1.54, 1.807) is 24.3 Å². The fourth-order valence-electron chi connectivity index (χ4n) is 2.16. The maximum Gasteiger partial charge on any atom is 0.229 e. The van der Waals surface area contributed by atoms with Crippen LogP contribution in [0.2, 0.25) is 10.0 Å². The van der Waals surface area contributed by atoms with Crippen LogP contribution < -0.4 is 0 Å². The summed E-state index contributed by atoms with van der Waals surface area (Å²) in [5.74, 6) is 0.0846. The summed E-state index contributed by atoms with van der Waals surface area (Å²) in [6.07, 6.45) is 1.88. The molecule has 0 aliphatic heterocycles. The molecule has 3 aromatic rings. The summed E-state index contributed by atoms with van der Waals surface area (Å²) < 4.78 is 1.42. The van der Waals surface area contributed by atoms with E-state index in [-0.39, 0.29) is 5.88 Å². The van der Waals surface area contributed by atoms with E-state index < -0.39 is 0 Å². The van der Waals surface area contributed by atoms with Crippen molar-refractivity contribution in [1.82, 2.24) is 14.6 Å². The lowest BCUT2D eigenvalue weighted by atomic mass is 10.1. The van der Waals surface area contributed by atoms with E-state index in [1.807, 2.05) is 13.2 Å². The number of aromatic nitrogens is 3. The second-order valence-electron chi connectivity index (χ2n) is 4.48. The third-order valence-corrected chi connectivity index (χ3v) is 4.55. The van der Waals surface area contributed by atoms with Crippen molar-refractivity contribution in [2.75, 3.05) is 6.26 Å². The molecule has 0 aliphatic rings. The van der Waals surface area contributed by atoms with Crippen molar-refractivity contribution in [3.05, 3.63) is 40.0 Å². The molecule has 21 heavy (non-hydrogen) atoms. The van der Waals surface area contributed by atoms with Gasteiger partial charge in [-0.3, -0.25) is 0 Å². The Balaban J connectivity index is 2.24. The Bertz CT molecular complexity index is 848. The van der Waals surface area contributed by atoms with Crippen LogP contribution in [0.1, 0.15) is 5.69 Å². The summed E-state index contributed by atoms with van der Waals surface area (Å²) in [7, 11) is 0. The van der Waals surface area contributed by atoms with Gasteiger partial charge in [-0.2, -0.15) is 9.61 Å². The molecule has 0 unspecified atom stereocenters. The van der Waals surface area contributed by atoms with Gasteiger partial charge < -0.3 is 5.11 Å². The molecule has 0 amide bonds. The molecule has 0 spiro atoms. The minimum absolute atomic E-state index is 0.0846. The van der Waals surface area contributed by atoms with Crippen LogP contribution in [-0.4, -0.2) is 26.0 Å². The van der Waals surface area contributed by atoms with E-state index in [9.17, 15) is 5.11 Å². The first-order valence-corrected chi connectivity index (χ1v) is 8.08. The molecule has 0 bridgehead atoms. The van der Waals surface area contributed by atoms with Crippen LogP contribution in [0.4, 0.5) is 0 Å². The summed E-state index contributed by atoms with van der Waals surface area (Å²) in [6.45, 7) is 1.85. The Kier molecular flexibility index (Phi) is 3.73. The largest absolute Gasteiger partial charge is 0.492 e. The second kappa shape index (κ2) is 5.40. The van der Waals surface area contributed by atoms with Crippen LogP contribution in [0, 0.1) is 6.92 Å². The molecular formula is C14H11Cl2N3OS. The highest BCUT2D eigenvalue weighted by molar-refractivity contribution is 7.98. The predicted molar refractivity (Wildman–Crippen MR) is 86.6 cm³/mol. The van der Waals surface area contributed by atoms with Crippen LogP contribution in [0.25, 0.3) is 16.9 Å². The Labute approximate surface area is 135 Å². The van der Waals surface area contributed by atoms with Gasteiger partial charge in [0, 0.05) is 16.7 Å². The van der Waals surface area contributed by atoms with Crippen LogP contribution in [0.5, 0.6) is 5.88 Å². The Morgan fingerprint density at radius 3 is 2.67 bits per heavy atom. The van der Waals surface area contributed by atoms with Gasteiger partial charge in [-0.25, -0.2) is 4.98 Å². The smallest absolute Gasteiger partial charge is 0.229 e. The number of thioether (sulfide) groups is 1. The van der Waals surface area contributed by atoms with E-state index in [2.05, 4.69) is 10.1 Å². The first kappa shape index (κ1) is 14.5. The minimum Gasteiger partial charge on any atom is -0.492 e. The number of fused-ring (bicyclic) bond motifs is 1. The third-order valence-electron chi connectivity index (χ3n) is 3.12. The average Bonchev–Trinajstić information content (AvgIpc) is 2.83. The third kappa shape index (κ3) is 2.46. The van der Waals surface area contributed by atoms with Gasteiger partial charge in [-0.1, -0.05) is 23.2 Å². The Morgan fingerprint density at radius 1 is 1.24 bits per heavy atom. The number of aryl methyl sites for hydroxylation is 1. The molecule has 108 valence electrons. The van der Waals surface area contributed by atoms with E-state index in [1.165, 1.54) is 16.3 Å². The number of hydrogen-bond acceptors (Lipinski definition) is 4. The van der Waals surface area contributed by atoms with Crippen molar-refractivity contribution in [3.63, 3.8) is 0 Å². The van der Waals surface area contributed by atoms with Gasteiger partial charge in [0.25, 0.3) is 0 Å². The SMILES string of the molecule is CSc1c(C)nc2cc(-c3ccc(Cl)cc3Cl)nn2c1O. The summed E-state index contributed by atoms with van der Waals surface area (Å²) in [5.41, 5.74) is 2.72. The lowest BCUT2D eigenvalue weighted by Gasteiger charge is -2.05. The number of aromatic hydroxyl groups is 1. The monoisotopic (exact) mass is 339 g/mol. The molecule has 2 aromatic heterocycles. The van der Waals surface area contributed by atoms with Gasteiger partial charge in [0.05, 0.1) is 21.3 Å². The van der Waals surface area contributed by atoms with Crippen LogP contribution in [0.15, 0.2) is 29.2 Å². The molecule has 0 radical (unpaired) electrons. The molecule has 7 heteroatoms. The van der Waals surface area contributed by atoms with Crippen molar-refractivity contribution in [3.8, 4) is 17.1 Å². The second-order valence-corrected chi connectivity index (χ2v) is 6.14. The fraction of sp³-hybridized carbons (Fsp3) is 0.143. The Hall–Kier alpha value is -1.43. The van der Waals surface area contributed by atoms with Crippen LogP contribution in [0.3, 0.4) is 0 Å². The average molecular weight is 340 g/mol. The highest BCUT2D eigenvalue weighted by Crippen LogP contribution is 2.33. The van der Waals surface area contributed by atoms with Crippen LogP contribution in [-0.2, 0) is 0 Å².